The average molecular weight is 267 g/mol. The van der Waals surface area contributed by atoms with E-state index in [-0.39, 0.29) is 5.75 Å². The molecule has 0 saturated heterocycles. The molecule has 5 heteroatoms. The second kappa shape index (κ2) is 5.75. The Morgan fingerprint density at radius 1 is 0.895 bits per heavy atom. The second-order valence-corrected chi connectivity index (χ2v) is 3.90. The van der Waals surface area contributed by atoms with Crippen molar-refractivity contribution in [1.82, 2.24) is 5.48 Å². The highest BCUT2D eigenvalue weighted by atomic mass is 19.4. The number of nitrogens with one attached hydrogen (secondary N) is 1. The van der Waals surface area contributed by atoms with Gasteiger partial charge in [-0.1, -0.05) is 42.5 Å². The van der Waals surface area contributed by atoms with Crippen molar-refractivity contribution in [3.05, 3.63) is 65.7 Å². The zero-order chi connectivity index (χ0) is 13.7. The van der Waals surface area contributed by atoms with E-state index >= 15 is 0 Å². The van der Waals surface area contributed by atoms with E-state index in [1.807, 2.05) is 30.3 Å². The van der Waals surface area contributed by atoms with Gasteiger partial charge >= 0.3 is 6.18 Å². The summed E-state index contributed by atoms with van der Waals surface area (Å²) in [5.41, 5.74) is 2.66. The van der Waals surface area contributed by atoms with Gasteiger partial charge in [-0.05, 0) is 17.7 Å². The Balaban J connectivity index is 2.00. The molecule has 0 saturated carbocycles. The molecule has 0 bridgehead atoms. The fraction of sp³-hybridized carbons (Fsp3) is 0.143. The fourth-order valence-corrected chi connectivity index (χ4v) is 1.58. The average Bonchev–Trinajstić information content (AvgIpc) is 2.39. The van der Waals surface area contributed by atoms with Crippen molar-refractivity contribution >= 4 is 0 Å². The number of alkyl halides is 3. The van der Waals surface area contributed by atoms with Crippen LogP contribution in [-0.4, -0.2) is 0 Å². The number of halogens is 3. The SMILES string of the molecule is FC(F)(F)c1ccccc1ONCc1ccccc1. The highest BCUT2D eigenvalue weighted by molar-refractivity contribution is 5.35. The van der Waals surface area contributed by atoms with Gasteiger partial charge in [-0.25, -0.2) is 0 Å². The van der Waals surface area contributed by atoms with Crippen molar-refractivity contribution in [3.63, 3.8) is 0 Å². The predicted molar refractivity (Wildman–Crippen MR) is 65.4 cm³/mol. The van der Waals surface area contributed by atoms with E-state index in [0.29, 0.717) is 6.54 Å². The summed E-state index contributed by atoms with van der Waals surface area (Å²) in [6, 6.07) is 14.4. The van der Waals surface area contributed by atoms with Gasteiger partial charge in [0.05, 0.1) is 6.54 Å². The number of benzene rings is 2. The van der Waals surface area contributed by atoms with Crippen LogP contribution in [0, 0.1) is 0 Å². The Kier molecular flexibility index (Phi) is 4.06. The molecule has 100 valence electrons. The van der Waals surface area contributed by atoms with E-state index in [9.17, 15) is 13.2 Å². The van der Waals surface area contributed by atoms with Crippen molar-refractivity contribution in [3.8, 4) is 5.75 Å². The first-order valence-corrected chi connectivity index (χ1v) is 5.67. The van der Waals surface area contributed by atoms with Gasteiger partial charge in [0.15, 0.2) is 5.75 Å². The lowest BCUT2D eigenvalue weighted by Crippen LogP contribution is -2.20. The van der Waals surface area contributed by atoms with E-state index in [0.717, 1.165) is 11.6 Å². The zero-order valence-corrected chi connectivity index (χ0v) is 9.95. The first kappa shape index (κ1) is 13.4. The topological polar surface area (TPSA) is 21.3 Å². The first-order valence-electron chi connectivity index (χ1n) is 5.67. The van der Waals surface area contributed by atoms with Crippen molar-refractivity contribution in [2.75, 3.05) is 0 Å². The summed E-state index contributed by atoms with van der Waals surface area (Å²) in [6.07, 6.45) is -4.43. The Morgan fingerprint density at radius 2 is 1.53 bits per heavy atom. The molecule has 19 heavy (non-hydrogen) atoms. The molecule has 0 aliphatic carbocycles. The lowest BCUT2D eigenvalue weighted by molar-refractivity contribution is -0.139. The van der Waals surface area contributed by atoms with E-state index < -0.39 is 11.7 Å². The maximum absolute atomic E-state index is 12.7. The second-order valence-electron chi connectivity index (χ2n) is 3.90. The molecule has 2 nitrogen and oxygen atoms in total. The van der Waals surface area contributed by atoms with Crippen LogP contribution in [0.25, 0.3) is 0 Å². The van der Waals surface area contributed by atoms with Crippen LogP contribution in [0.4, 0.5) is 13.2 Å². The lowest BCUT2D eigenvalue weighted by Gasteiger charge is -2.13. The lowest BCUT2D eigenvalue weighted by atomic mass is 10.2. The maximum atomic E-state index is 12.7. The minimum Gasteiger partial charge on any atom is -0.408 e. The number of para-hydroxylation sites is 1. The third-order valence-corrected chi connectivity index (χ3v) is 2.49. The van der Waals surface area contributed by atoms with Crippen LogP contribution < -0.4 is 10.3 Å². The summed E-state index contributed by atoms with van der Waals surface area (Å²) in [6.45, 7) is 0.326. The molecule has 0 amide bonds. The molecule has 0 aliphatic heterocycles. The molecule has 0 spiro atoms. The molecule has 0 radical (unpaired) electrons. The molecule has 0 fully saturated rings. The monoisotopic (exact) mass is 267 g/mol. The summed E-state index contributed by atoms with van der Waals surface area (Å²) in [5.74, 6) is -0.231. The molecule has 2 aromatic rings. The summed E-state index contributed by atoms with van der Waals surface area (Å²) in [5, 5.41) is 0. The Morgan fingerprint density at radius 3 is 2.21 bits per heavy atom. The molecule has 0 aromatic heterocycles. The standard InChI is InChI=1S/C14H12F3NO/c15-14(16,17)12-8-4-5-9-13(12)19-18-10-11-6-2-1-3-7-11/h1-9,18H,10H2. The quantitative estimate of drug-likeness (QED) is 0.851. The van der Waals surface area contributed by atoms with Gasteiger partial charge in [-0.3, -0.25) is 0 Å². The van der Waals surface area contributed by atoms with Crippen molar-refractivity contribution < 1.29 is 18.0 Å². The van der Waals surface area contributed by atoms with Crippen LogP contribution in [0.1, 0.15) is 11.1 Å². The van der Waals surface area contributed by atoms with Crippen LogP contribution in [0.15, 0.2) is 54.6 Å². The molecule has 0 unspecified atom stereocenters. The van der Waals surface area contributed by atoms with E-state index in [2.05, 4.69) is 5.48 Å². The molecule has 2 rings (SSSR count). The first-order chi connectivity index (χ1) is 9.07. The summed E-state index contributed by atoms with van der Waals surface area (Å²) >= 11 is 0. The van der Waals surface area contributed by atoms with Crippen LogP contribution in [0.3, 0.4) is 0 Å². The number of hydroxylamine groups is 1. The minimum absolute atomic E-state index is 0.231. The van der Waals surface area contributed by atoms with Crippen molar-refractivity contribution in [2.45, 2.75) is 12.7 Å². The van der Waals surface area contributed by atoms with Crippen LogP contribution in [-0.2, 0) is 12.7 Å². The van der Waals surface area contributed by atoms with Gasteiger partial charge in [-0.2, -0.15) is 18.7 Å². The zero-order valence-electron chi connectivity index (χ0n) is 9.95. The number of hydrogen-bond acceptors (Lipinski definition) is 2. The highest BCUT2D eigenvalue weighted by Crippen LogP contribution is 2.35. The molecular weight excluding hydrogens is 255 g/mol. The van der Waals surface area contributed by atoms with Gasteiger partial charge in [0.1, 0.15) is 5.56 Å². The van der Waals surface area contributed by atoms with E-state index in [1.165, 1.54) is 18.2 Å². The highest BCUT2D eigenvalue weighted by Gasteiger charge is 2.34. The Labute approximate surface area is 108 Å². The summed E-state index contributed by atoms with van der Waals surface area (Å²) in [7, 11) is 0. The van der Waals surface area contributed by atoms with Crippen LogP contribution >= 0.6 is 0 Å². The number of rotatable bonds is 4. The minimum atomic E-state index is -4.43. The van der Waals surface area contributed by atoms with Gasteiger partial charge in [0.25, 0.3) is 0 Å². The summed E-state index contributed by atoms with van der Waals surface area (Å²) < 4.78 is 38.1. The smallest absolute Gasteiger partial charge is 0.408 e. The normalized spacial score (nSPS) is 11.3. The largest absolute Gasteiger partial charge is 0.420 e. The van der Waals surface area contributed by atoms with Gasteiger partial charge in [0, 0.05) is 0 Å². The molecule has 0 heterocycles. The third kappa shape index (κ3) is 3.72. The van der Waals surface area contributed by atoms with Gasteiger partial charge in [0.2, 0.25) is 0 Å². The van der Waals surface area contributed by atoms with Crippen molar-refractivity contribution in [1.29, 1.82) is 0 Å². The predicted octanol–water partition coefficient (Wildman–Crippen LogP) is 3.79. The van der Waals surface area contributed by atoms with Crippen molar-refractivity contribution in [2.24, 2.45) is 0 Å². The van der Waals surface area contributed by atoms with E-state index in [4.69, 9.17) is 4.84 Å². The molecule has 0 aliphatic rings. The van der Waals surface area contributed by atoms with E-state index in [1.54, 1.807) is 0 Å². The number of hydrogen-bond donors (Lipinski definition) is 1. The van der Waals surface area contributed by atoms with Crippen LogP contribution in [0.5, 0.6) is 5.75 Å². The van der Waals surface area contributed by atoms with Crippen LogP contribution in [0.2, 0.25) is 0 Å². The molecular formula is C14H12F3NO. The molecule has 1 N–H and O–H groups in total. The van der Waals surface area contributed by atoms with Gasteiger partial charge in [-0.15, -0.1) is 0 Å². The fourth-order valence-electron chi connectivity index (χ4n) is 1.58. The summed E-state index contributed by atoms with van der Waals surface area (Å²) in [4.78, 5) is 5.00. The maximum Gasteiger partial charge on any atom is 0.420 e. The Bertz CT molecular complexity index is 526. The molecule has 2 aromatic carbocycles. The third-order valence-electron chi connectivity index (χ3n) is 2.49. The van der Waals surface area contributed by atoms with Gasteiger partial charge < -0.3 is 4.84 Å². The Hall–Kier alpha value is -2.01. The molecule has 0 atom stereocenters.